The third-order valence-corrected chi connectivity index (χ3v) is 5.87. The van der Waals surface area contributed by atoms with Gasteiger partial charge in [-0.1, -0.05) is 5.16 Å². The average molecular weight is 458 g/mol. The first-order valence-electron chi connectivity index (χ1n) is 11.1. The van der Waals surface area contributed by atoms with Gasteiger partial charge in [0.25, 0.3) is 5.91 Å². The fourth-order valence-corrected chi connectivity index (χ4v) is 4.17. The summed E-state index contributed by atoms with van der Waals surface area (Å²) >= 11 is 0. The van der Waals surface area contributed by atoms with Crippen LogP contribution < -0.4 is 15.4 Å². The Balaban J connectivity index is 1.58. The van der Waals surface area contributed by atoms with Crippen LogP contribution in [0.25, 0.3) is 0 Å². The number of aromatic nitrogens is 1. The Hall–Kier alpha value is -3.43. The SMILES string of the molecule is Cc1cc(CC(=O)N2C[C@H]3CC[C@@H](C2)C(=O)NCCCOc2ccc(F)cc2C(=O)N3)on1. The molecule has 3 amide bonds. The van der Waals surface area contributed by atoms with Crippen molar-refractivity contribution in [2.75, 3.05) is 26.2 Å². The summed E-state index contributed by atoms with van der Waals surface area (Å²) in [6, 6.07) is 5.09. The van der Waals surface area contributed by atoms with E-state index in [0.717, 1.165) is 6.07 Å². The summed E-state index contributed by atoms with van der Waals surface area (Å²) in [5.74, 6) is -1.05. The zero-order chi connectivity index (χ0) is 23.4. The Bertz CT molecular complexity index is 1040. The Morgan fingerprint density at radius 2 is 2.09 bits per heavy atom. The molecule has 2 aromatic rings. The van der Waals surface area contributed by atoms with E-state index < -0.39 is 23.7 Å². The highest BCUT2D eigenvalue weighted by Gasteiger charge is 2.32. The zero-order valence-electron chi connectivity index (χ0n) is 18.4. The van der Waals surface area contributed by atoms with Gasteiger partial charge in [-0.25, -0.2) is 4.39 Å². The number of nitrogens with zero attached hydrogens (tertiary/aromatic N) is 2. The molecule has 33 heavy (non-hydrogen) atoms. The molecule has 0 spiro atoms. The van der Waals surface area contributed by atoms with Crippen LogP contribution in [0.2, 0.25) is 0 Å². The Labute approximate surface area is 190 Å². The summed E-state index contributed by atoms with van der Waals surface area (Å²) in [6.07, 6.45) is 1.54. The summed E-state index contributed by atoms with van der Waals surface area (Å²) in [7, 11) is 0. The zero-order valence-corrected chi connectivity index (χ0v) is 18.4. The lowest BCUT2D eigenvalue weighted by Gasteiger charge is -2.26. The fraction of sp³-hybridized carbons (Fsp3) is 0.478. The Morgan fingerprint density at radius 1 is 1.24 bits per heavy atom. The van der Waals surface area contributed by atoms with Crippen LogP contribution >= 0.6 is 0 Å². The molecule has 2 aliphatic rings. The molecule has 1 aromatic heterocycles. The van der Waals surface area contributed by atoms with Gasteiger partial charge >= 0.3 is 0 Å². The summed E-state index contributed by atoms with van der Waals surface area (Å²) in [6.45, 7) is 2.90. The maximum absolute atomic E-state index is 13.9. The van der Waals surface area contributed by atoms with Gasteiger partial charge in [-0.3, -0.25) is 14.4 Å². The minimum Gasteiger partial charge on any atom is -0.493 e. The van der Waals surface area contributed by atoms with Crippen LogP contribution in [-0.2, 0) is 16.0 Å². The molecule has 0 saturated carbocycles. The lowest BCUT2D eigenvalue weighted by atomic mass is 10.0. The summed E-state index contributed by atoms with van der Waals surface area (Å²) in [5.41, 5.74) is 0.779. The van der Waals surface area contributed by atoms with Crippen molar-refractivity contribution < 1.29 is 28.0 Å². The number of likely N-dealkylation sites (tertiary alicyclic amines) is 1. The van der Waals surface area contributed by atoms with E-state index in [1.807, 2.05) is 0 Å². The number of aryl methyl sites for hydroxylation is 1. The molecule has 1 fully saturated rings. The maximum atomic E-state index is 13.9. The fourth-order valence-electron chi connectivity index (χ4n) is 4.17. The Morgan fingerprint density at radius 3 is 2.88 bits per heavy atom. The minimum atomic E-state index is -0.541. The third kappa shape index (κ3) is 5.68. The van der Waals surface area contributed by atoms with Crippen LogP contribution in [0.3, 0.4) is 0 Å². The number of hydrogen-bond acceptors (Lipinski definition) is 6. The van der Waals surface area contributed by atoms with Gasteiger partial charge in [-0.05, 0) is 44.4 Å². The first-order chi connectivity index (χ1) is 15.9. The first kappa shape index (κ1) is 22.8. The number of amides is 3. The molecule has 4 rings (SSSR count). The van der Waals surface area contributed by atoms with E-state index in [9.17, 15) is 18.8 Å². The summed E-state index contributed by atoms with van der Waals surface area (Å²) in [5, 5.41) is 9.62. The molecule has 2 atom stereocenters. The normalized spacial score (nSPS) is 21.8. The summed E-state index contributed by atoms with van der Waals surface area (Å²) in [4.78, 5) is 40.4. The highest BCUT2D eigenvalue weighted by atomic mass is 19.1. The van der Waals surface area contributed by atoms with Crippen molar-refractivity contribution in [1.29, 1.82) is 0 Å². The highest BCUT2D eigenvalue weighted by Crippen LogP contribution is 2.23. The van der Waals surface area contributed by atoms with Crippen molar-refractivity contribution in [1.82, 2.24) is 20.7 Å². The highest BCUT2D eigenvalue weighted by molar-refractivity contribution is 5.97. The molecular weight excluding hydrogens is 431 g/mol. The van der Waals surface area contributed by atoms with E-state index in [4.69, 9.17) is 9.26 Å². The largest absolute Gasteiger partial charge is 0.493 e. The lowest BCUT2D eigenvalue weighted by Crippen LogP contribution is -2.46. The van der Waals surface area contributed by atoms with Crippen LogP contribution in [0.15, 0.2) is 28.8 Å². The number of benzene rings is 1. The van der Waals surface area contributed by atoms with Crippen molar-refractivity contribution in [2.24, 2.45) is 5.92 Å². The van der Waals surface area contributed by atoms with Crippen LogP contribution in [0.1, 0.15) is 41.1 Å². The number of carbonyl (C=O) groups excluding carboxylic acids is 3. The second-order valence-corrected chi connectivity index (χ2v) is 8.49. The molecule has 176 valence electrons. The van der Waals surface area contributed by atoms with Crippen molar-refractivity contribution >= 4 is 17.7 Å². The molecule has 10 heteroatoms. The number of halogens is 1. The molecular formula is C23H27FN4O5. The standard InChI is InChI=1S/C23H27FN4O5/c1-14-9-18(33-27-14)11-21(29)28-12-15-3-5-17(13-28)26-23(31)19-10-16(24)4-6-20(19)32-8-2-7-25-22(15)30/h4,6,9-10,15,17H,2-3,5,7-8,11-13H2,1H3,(H,25,30)(H,26,31)/t15-,17+/m0/s1. The van der Waals surface area contributed by atoms with Crippen LogP contribution in [0.4, 0.5) is 4.39 Å². The van der Waals surface area contributed by atoms with Crippen molar-refractivity contribution in [3.05, 3.63) is 47.1 Å². The van der Waals surface area contributed by atoms with Crippen LogP contribution in [-0.4, -0.2) is 60.1 Å². The van der Waals surface area contributed by atoms with Gasteiger partial charge in [0, 0.05) is 31.7 Å². The molecule has 2 aliphatic heterocycles. The molecule has 0 unspecified atom stereocenters. The van der Waals surface area contributed by atoms with Gasteiger partial charge in [0.05, 0.1) is 30.2 Å². The van der Waals surface area contributed by atoms with Gasteiger partial charge in [-0.2, -0.15) is 0 Å². The second kappa shape index (κ2) is 10.0. The van der Waals surface area contributed by atoms with Crippen LogP contribution in [0, 0.1) is 18.7 Å². The smallest absolute Gasteiger partial charge is 0.255 e. The molecule has 2 bridgehead atoms. The van der Waals surface area contributed by atoms with Gasteiger partial charge in [0.2, 0.25) is 11.8 Å². The van der Waals surface area contributed by atoms with Crippen molar-refractivity contribution in [2.45, 2.75) is 38.6 Å². The number of rotatable bonds is 2. The van der Waals surface area contributed by atoms with E-state index in [1.165, 1.54) is 12.1 Å². The number of ether oxygens (including phenoxy) is 1. The van der Waals surface area contributed by atoms with E-state index in [0.29, 0.717) is 37.3 Å². The van der Waals surface area contributed by atoms with Crippen molar-refractivity contribution in [3.63, 3.8) is 0 Å². The topological polar surface area (TPSA) is 114 Å². The number of fused-ring (bicyclic) bond motifs is 4. The van der Waals surface area contributed by atoms with E-state index >= 15 is 0 Å². The molecule has 1 saturated heterocycles. The minimum absolute atomic E-state index is 0.0116. The van der Waals surface area contributed by atoms with Crippen LogP contribution in [0.5, 0.6) is 5.75 Å². The first-order valence-corrected chi connectivity index (χ1v) is 11.1. The monoisotopic (exact) mass is 458 g/mol. The van der Waals surface area contributed by atoms with Gasteiger partial charge in [0.1, 0.15) is 17.3 Å². The van der Waals surface area contributed by atoms with Gasteiger partial charge in [0.15, 0.2) is 0 Å². The molecule has 9 nitrogen and oxygen atoms in total. The van der Waals surface area contributed by atoms with Crippen molar-refractivity contribution in [3.8, 4) is 5.75 Å². The molecule has 3 heterocycles. The van der Waals surface area contributed by atoms with E-state index in [1.54, 1.807) is 17.9 Å². The predicted octanol–water partition coefficient (Wildman–Crippen LogP) is 1.60. The maximum Gasteiger partial charge on any atom is 0.255 e. The quantitative estimate of drug-likeness (QED) is 0.707. The van der Waals surface area contributed by atoms with E-state index in [2.05, 4.69) is 15.8 Å². The number of nitrogens with one attached hydrogen (secondary N) is 2. The molecule has 0 radical (unpaired) electrons. The average Bonchev–Trinajstić information content (AvgIpc) is 3.06. The molecule has 2 N–H and O–H groups in total. The summed E-state index contributed by atoms with van der Waals surface area (Å²) < 4.78 is 24.7. The number of hydrogen-bond donors (Lipinski definition) is 2. The predicted molar refractivity (Wildman–Crippen MR) is 115 cm³/mol. The molecule has 1 aromatic carbocycles. The lowest BCUT2D eigenvalue weighted by molar-refractivity contribution is -0.133. The Kier molecular flexibility index (Phi) is 6.90. The van der Waals surface area contributed by atoms with E-state index in [-0.39, 0.29) is 49.2 Å². The number of carbonyl (C=O) groups is 3. The van der Waals surface area contributed by atoms with Gasteiger partial charge < -0.3 is 24.8 Å². The molecule has 0 aliphatic carbocycles. The third-order valence-electron chi connectivity index (χ3n) is 5.87. The second-order valence-electron chi connectivity index (χ2n) is 8.49. The van der Waals surface area contributed by atoms with Gasteiger partial charge in [-0.15, -0.1) is 0 Å².